The van der Waals surface area contributed by atoms with Gasteiger partial charge in [0.2, 0.25) is 0 Å². The maximum Gasteiger partial charge on any atom is 0.278 e. The van der Waals surface area contributed by atoms with Gasteiger partial charge in [0.25, 0.3) is 5.91 Å². The predicted octanol–water partition coefficient (Wildman–Crippen LogP) is 4.28. The fraction of sp³-hybridized carbons (Fsp3) is 0.450. The molecule has 1 N–H and O–H groups in total. The van der Waals surface area contributed by atoms with E-state index < -0.39 is 0 Å². The van der Waals surface area contributed by atoms with Crippen molar-refractivity contribution in [3.63, 3.8) is 0 Å². The van der Waals surface area contributed by atoms with E-state index in [-0.39, 0.29) is 17.1 Å². The van der Waals surface area contributed by atoms with Crippen molar-refractivity contribution in [2.75, 3.05) is 5.32 Å². The van der Waals surface area contributed by atoms with Crippen LogP contribution in [0.3, 0.4) is 0 Å². The minimum absolute atomic E-state index is 0.00308. The lowest BCUT2D eigenvalue weighted by molar-refractivity contribution is 0.101. The van der Waals surface area contributed by atoms with Gasteiger partial charge in [0.15, 0.2) is 11.5 Å². The number of Topliss-reactive ketones (excluding diaryl/α,β-unsaturated/α-hetero) is 1. The average Bonchev–Trinajstić information content (AvgIpc) is 2.97. The molecule has 0 radical (unpaired) electrons. The van der Waals surface area contributed by atoms with Crippen LogP contribution in [0, 0.1) is 11.3 Å². The maximum atomic E-state index is 12.6. The average molecular weight is 340 g/mol. The Balaban J connectivity index is 1.78. The molecular weight excluding hydrogens is 316 g/mol. The summed E-state index contributed by atoms with van der Waals surface area (Å²) in [6, 6.07) is 6.84. The third-order valence-electron chi connectivity index (χ3n) is 5.03. The Morgan fingerprint density at radius 2 is 1.88 bits per heavy atom. The first-order chi connectivity index (χ1) is 11.8. The van der Waals surface area contributed by atoms with Crippen LogP contribution < -0.4 is 5.32 Å². The smallest absolute Gasteiger partial charge is 0.278 e. The van der Waals surface area contributed by atoms with Gasteiger partial charge in [0, 0.05) is 23.2 Å². The minimum Gasteiger partial charge on any atom is -0.360 e. The number of fused-ring (bicyclic) bond motifs is 1. The minimum atomic E-state index is -0.268. The van der Waals surface area contributed by atoms with E-state index in [2.05, 4.69) is 31.2 Å². The molecule has 25 heavy (non-hydrogen) atoms. The van der Waals surface area contributed by atoms with Crippen LogP contribution >= 0.6 is 0 Å². The summed E-state index contributed by atoms with van der Waals surface area (Å²) in [5, 5.41) is 6.86. The van der Waals surface area contributed by atoms with Gasteiger partial charge in [-0.1, -0.05) is 25.9 Å². The number of amides is 1. The van der Waals surface area contributed by atoms with Crippen molar-refractivity contribution >= 4 is 17.4 Å². The Morgan fingerprint density at radius 1 is 1.20 bits per heavy atom. The van der Waals surface area contributed by atoms with Crippen LogP contribution in [0.1, 0.15) is 66.3 Å². The molecule has 1 aromatic heterocycles. The SMILES string of the molecule is CC(=O)c1ccc(NC(=O)c2noc3c2C[C@H](C(C)(C)C)CC3)cc1. The van der Waals surface area contributed by atoms with Crippen molar-refractivity contribution in [3.05, 3.63) is 46.8 Å². The van der Waals surface area contributed by atoms with E-state index in [0.717, 1.165) is 30.6 Å². The lowest BCUT2D eigenvalue weighted by atomic mass is 9.71. The molecular formula is C20H24N2O3. The van der Waals surface area contributed by atoms with Gasteiger partial charge < -0.3 is 9.84 Å². The zero-order valence-electron chi connectivity index (χ0n) is 15.2. The molecule has 0 spiro atoms. The number of aromatic nitrogens is 1. The van der Waals surface area contributed by atoms with Gasteiger partial charge in [-0.25, -0.2) is 0 Å². The summed E-state index contributed by atoms with van der Waals surface area (Å²) in [6.45, 7) is 8.20. The van der Waals surface area contributed by atoms with E-state index in [1.165, 1.54) is 6.92 Å². The van der Waals surface area contributed by atoms with Gasteiger partial charge in [0.05, 0.1) is 0 Å². The molecule has 0 bridgehead atoms. The molecule has 0 unspecified atom stereocenters. The molecule has 132 valence electrons. The molecule has 0 saturated carbocycles. The lowest BCUT2D eigenvalue weighted by Crippen LogP contribution is -2.27. The number of carbonyl (C=O) groups is 2. The molecule has 5 nitrogen and oxygen atoms in total. The Hall–Kier alpha value is -2.43. The lowest BCUT2D eigenvalue weighted by Gasteiger charge is -2.33. The molecule has 1 atom stereocenters. The van der Waals surface area contributed by atoms with Crippen molar-refractivity contribution in [1.82, 2.24) is 5.16 Å². The van der Waals surface area contributed by atoms with E-state index >= 15 is 0 Å². The van der Waals surface area contributed by atoms with Gasteiger partial charge in [-0.05, 0) is 55.4 Å². The zero-order valence-corrected chi connectivity index (χ0v) is 15.2. The standard InChI is InChI=1S/C20H24N2O3/c1-12(23)13-5-8-15(9-6-13)21-19(24)18-16-11-14(20(2,3)4)7-10-17(16)25-22-18/h5-6,8-9,14H,7,10-11H2,1-4H3,(H,21,24)/t14-/m1/s1. The van der Waals surface area contributed by atoms with Gasteiger partial charge in [-0.3, -0.25) is 9.59 Å². The van der Waals surface area contributed by atoms with Gasteiger partial charge in [0.1, 0.15) is 5.76 Å². The molecule has 3 rings (SSSR count). The van der Waals surface area contributed by atoms with Crippen LogP contribution in [0.2, 0.25) is 0 Å². The van der Waals surface area contributed by atoms with E-state index in [1.807, 2.05) is 0 Å². The van der Waals surface area contributed by atoms with Crippen molar-refractivity contribution in [1.29, 1.82) is 0 Å². The fourth-order valence-electron chi connectivity index (χ4n) is 3.30. The number of benzene rings is 1. The number of hydrogen-bond donors (Lipinski definition) is 1. The van der Waals surface area contributed by atoms with Gasteiger partial charge in [-0.15, -0.1) is 0 Å². The van der Waals surface area contributed by atoms with Crippen LogP contribution in [-0.4, -0.2) is 16.8 Å². The van der Waals surface area contributed by atoms with Crippen LogP contribution in [0.5, 0.6) is 0 Å². The number of rotatable bonds is 3. The molecule has 1 heterocycles. The van der Waals surface area contributed by atoms with Crippen molar-refractivity contribution < 1.29 is 14.1 Å². The summed E-state index contributed by atoms with van der Waals surface area (Å²) < 4.78 is 5.40. The molecule has 1 aliphatic rings. The highest BCUT2D eigenvalue weighted by Gasteiger charge is 2.34. The van der Waals surface area contributed by atoms with Crippen molar-refractivity contribution in [3.8, 4) is 0 Å². The monoisotopic (exact) mass is 340 g/mol. The first-order valence-electron chi connectivity index (χ1n) is 8.65. The van der Waals surface area contributed by atoms with Crippen LogP contribution in [0.25, 0.3) is 0 Å². The van der Waals surface area contributed by atoms with Crippen molar-refractivity contribution in [2.24, 2.45) is 11.3 Å². The molecule has 0 fully saturated rings. The molecule has 1 amide bonds. The normalized spacial score (nSPS) is 17.0. The molecule has 0 aliphatic heterocycles. The first kappa shape index (κ1) is 17.4. The number of nitrogens with zero attached hydrogens (tertiary/aromatic N) is 1. The Kier molecular flexibility index (Phi) is 4.50. The highest BCUT2D eigenvalue weighted by molar-refractivity contribution is 6.04. The molecule has 5 heteroatoms. The van der Waals surface area contributed by atoms with Gasteiger partial charge in [-0.2, -0.15) is 0 Å². The second-order valence-corrected chi connectivity index (χ2v) is 7.83. The summed E-state index contributed by atoms with van der Waals surface area (Å²) >= 11 is 0. The second-order valence-electron chi connectivity index (χ2n) is 7.83. The molecule has 2 aromatic rings. The fourth-order valence-corrected chi connectivity index (χ4v) is 3.30. The summed E-state index contributed by atoms with van der Waals surface area (Å²) in [4.78, 5) is 23.9. The van der Waals surface area contributed by atoms with Crippen LogP contribution in [0.4, 0.5) is 5.69 Å². The molecule has 1 aliphatic carbocycles. The summed E-state index contributed by atoms with van der Waals surface area (Å²) in [5.74, 6) is 1.06. The summed E-state index contributed by atoms with van der Waals surface area (Å²) in [7, 11) is 0. The van der Waals surface area contributed by atoms with Crippen molar-refractivity contribution in [2.45, 2.75) is 47.0 Å². The quantitative estimate of drug-likeness (QED) is 0.847. The largest absolute Gasteiger partial charge is 0.360 e. The number of ketones is 1. The summed E-state index contributed by atoms with van der Waals surface area (Å²) in [5.41, 5.74) is 2.74. The number of aryl methyl sites for hydroxylation is 1. The number of hydrogen-bond acceptors (Lipinski definition) is 4. The topological polar surface area (TPSA) is 72.2 Å². The van der Waals surface area contributed by atoms with E-state index in [9.17, 15) is 9.59 Å². The zero-order chi connectivity index (χ0) is 18.2. The van der Waals surface area contributed by atoms with Crippen LogP contribution in [0.15, 0.2) is 28.8 Å². The number of nitrogens with one attached hydrogen (secondary N) is 1. The highest BCUT2D eigenvalue weighted by atomic mass is 16.5. The summed E-state index contributed by atoms with van der Waals surface area (Å²) in [6.07, 6.45) is 2.69. The Bertz CT molecular complexity index is 797. The van der Waals surface area contributed by atoms with E-state index in [0.29, 0.717) is 22.9 Å². The molecule has 1 aromatic carbocycles. The van der Waals surface area contributed by atoms with E-state index in [1.54, 1.807) is 24.3 Å². The van der Waals surface area contributed by atoms with E-state index in [4.69, 9.17) is 4.52 Å². The predicted molar refractivity (Wildman–Crippen MR) is 95.9 cm³/mol. The number of anilines is 1. The first-order valence-corrected chi connectivity index (χ1v) is 8.65. The third-order valence-corrected chi connectivity index (χ3v) is 5.03. The Labute approximate surface area is 147 Å². The second kappa shape index (κ2) is 6.47. The maximum absolute atomic E-state index is 12.6. The highest BCUT2D eigenvalue weighted by Crippen LogP contribution is 2.38. The Morgan fingerprint density at radius 3 is 2.48 bits per heavy atom. The third kappa shape index (κ3) is 3.65. The van der Waals surface area contributed by atoms with Gasteiger partial charge >= 0.3 is 0 Å². The number of carbonyl (C=O) groups excluding carboxylic acids is 2. The van der Waals surface area contributed by atoms with Crippen LogP contribution in [-0.2, 0) is 12.8 Å². The molecule has 0 saturated heterocycles.